The summed E-state index contributed by atoms with van der Waals surface area (Å²) in [6.45, 7) is 1.18. The summed E-state index contributed by atoms with van der Waals surface area (Å²) in [6, 6.07) is 3.07. The minimum Gasteiger partial charge on any atom is -0.486 e. The van der Waals surface area contributed by atoms with E-state index in [1.54, 1.807) is 19.1 Å². The number of ether oxygens (including phenoxy) is 1. The van der Waals surface area contributed by atoms with Crippen LogP contribution in [0.3, 0.4) is 0 Å². The Labute approximate surface area is 80.9 Å². The van der Waals surface area contributed by atoms with Gasteiger partial charge in [-0.2, -0.15) is 0 Å². The highest BCUT2D eigenvalue weighted by Crippen LogP contribution is 2.13. The molecular weight excluding hydrogens is 190 g/mol. The summed E-state index contributed by atoms with van der Waals surface area (Å²) in [4.78, 5) is 3.96. The molecule has 14 heavy (non-hydrogen) atoms. The first kappa shape index (κ1) is 10.8. The standard InChI is InChI=1S/C9H12F2N2O/c1-6(12)8-3-2-7(4-13-8)14-5-9(10)11/h2-4,6,9H,5,12H2,1H3/t6-/m0/s1. The van der Waals surface area contributed by atoms with Gasteiger partial charge in [0.2, 0.25) is 0 Å². The quantitative estimate of drug-likeness (QED) is 0.809. The van der Waals surface area contributed by atoms with Gasteiger partial charge in [0, 0.05) is 6.04 Å². The molecule has 0 radical (unpaired) electrons. The second kappa shape index (κ2) is 4.85. The van der Waals surface area contributed by atoms with Gasteiger partial charge in [-0.05, 0) is 19.1 Å². The van der Waals surface area contributed by atoms with Gasteiger partial charge in [-0.25, -0.2) is 8.78 Å². The molecule has 1 rings (SSSR count). The molecule has 0 fully saturated rings. The maximum absolute atomic E-state index is 11.8. The number of alkyl halides is 2. The summed E-state index contributed by atoms with van der Waals surface area (Å²) in [6.07, 6.45) is -1.08. The smallest absolute Gasteiger partial charge is 0.272 e. The van der Waals surface area contributed by atoms with Crippen LogP contribution in [0.2, 0.25) is 0 Å². The molecule has 0 aliphatic rings. The number of rotatable bonds is 4. The van der Waals surface area contributed by atoms with E-state index in [-0.39, 0.29) is 6.04 Å². The number of nitrogens with zero attached hydrogens (tertiary/aromatic N) is 1. The lowest BCUT2D eigenvalue weighted by molar-refractivity contribution is 0.0817. The minimum absolute atomic E-state index is 0.167. The Morgan fingerprint density at radius 1 is 1.50 bits per heavy atom. The van der Waals surface area contributed by atoms with Gasteiger partial charge in [0.1, 0.15) is 12.4 Å². The average molecular weight is 202 g/mol. The van der Waals surface area contributed by atoms with Crippen molar-refractivity contribution in [3.8, 4) is 5.75 Å². The zero-order valence-corrected chi connectivity index (χ0v) is 7.78. The SMILES string of the molecule is C[C@H](N)c1ccc(OCC(F)F)cn1. The van der Waals surface area contributed by atoms with Crippen molar-refractivity contribution < 1.29 is 13.5 Å². The molecule has 0 saturated carbocycles. The lowest BCUT2D eigenvalue weighted by Gasteiger charge is -2.07. The highest BCUT2D eigenvalue weighted by molar-refractivity contribution is 5.21. The first-order valence-electron chi connectivity index (χ1n) is 4.22. The Kier molecular flexibility index (Phi) is 3.76. The third kappa shape index (κ3) is 3.26. The lowest BCUT2D eigenvalue weighted by Crippen LogP contribution is -2.09. The van der Waals surface area contributed by atoms with Crippen LogP contribution in [-0.4, -0.2) is 18.0 Å². The molecule has 78 valence electrons. The van der Waals surface area contributed by atoms with Crippen LogP contribution in [-0.2, 0) is 0 Å². The molecule has 1 aromatic rings. The van der Waals surface area contributed by atoms with Crippen LogP contribution in [0, 0.1) is 0 Å². The number of hydrogen-bond donors (Lipinski definition) is 1. The molecule has 0 amide bonds. The van der Waals surface area contributed by atoms with Gasteiger partial charge in [-0.3, -0.25) is 4.98 Å². The summed E-state index contributed by atoms with van der Waals surface area (Å²) < 4.78 is 28.3. The van der Waals surface area contributed by atoms with Gasteiger partial charge in [-0.15, -0.1) is 0 Å². The molecule has 0 aromatic carbocycles. The zero-order valence-electron chi connectivity index (χ0n) is 7.78. The zero-order chi connectivity index (χ0) is 10.6. The van der Waals surface area contributed by atoms with E-state index in [0.717, 1.165) is 0 Å². The van der Waals surface area contributed by atoms with E-state index in [1.807, 2.05) is 0 Å². The van der Waals surface area contributed by atoms with Crippen LogP contribution in [0.1, 0.15) is 18.7 Å². The Bertz CT molecular complexity index is 275. The van der Waals surface area contributed by atoms with Crippen LogP contribution in [0.25, 0.3) is 0 Å². The maximum Gasteiger partial charge on any atom is 0.272 e. The van der Waals surface area contributed by atoms with Crippen molar-refractivity contribution >= 4 is 0 Å². The molecule has 0 bridgehead atoms. The highest BCUT2D eigenvalue weighted by Gasteiger charge is 2.04. The van der Waals surface area contributed by atoms with Gasteiger partial charge in [-0.1, -0.05) is 0 Å². The number of halogens is 2. The van der Waals surface area contributed by atoms with Crippen molar-refractivity contribution in [2.24, 2.45) is 5.73 Å². The number of hydrogen-bond acceptors (Lipinski definition) is 3. The largest absolute Gasteiger partial charge is 0.486 e. The fourth-order valence-corrected chi connectivity index (χ4v) is 0.906. The Morgan fingerprint density at radius 2 is 2.21 bits per heavy atom. The van der Waals surface area contributed by atoms with Crippen molar-refractivity contribution in [3.63, 3.8) is 0 Å². The molecule has 0 aliphatic heterocycles. The molecular formula is C9H12F2N2O. The van der Waals surface area contributed by atoms with E-state index in [4.69, 9.17) is 10.5 Å². The van der Waals surface area contributed by atoms with Crippen LogP contribution in [0.15, 0.2) is 18.3 Å². The minimum atomic E-state index is -2.47. The number of nitrogens with two attached hydrogens (primary N) is 1. The molecule has 5 heteroatoms. The molecule has 1 aromatic heterocycles. The predicted octanol–water partition coefficient (Wildman–Crippen LogP) is 1.75. The van der Waals surface area contributed by atoms with Crippen LogP contribution < -0.4 is 10.5 Å². The third-order valence-electron chi connectivity index (χ3n) is 1.60. The molecule has 0 aliphatic carbocycles. The molecule has 3 nitrogen and oxygen atoms in total. The van der Waals surface area contributed by atoms with E-state index >= 15 is 0 Å². The second-order valence-electron chi connectivity index (χ2n) is 2.91. The predicted molar refractivity (Wildman–Crippen MR) is 48.3 cm³/mol. The summed E-state index contributed by atoms with van der Waals surface area (Å²) in [5.74, 6) is 0.328. The van der Waals surface area contributed by atoms with Crippen LogP contribution >= 0.6 is 0 Å². The summed E-state index contributed by atoms with van der Waals surface area (Å²) in [5, 5.41) is 0. The second-order valence-corrected chi connectivity index (χ2v) is 2.91. The van der Waals surface area contributed by atoms with Crippen molar-refractivity contribution in [1.29, 1.82) is 0 Å². The monoisotopic (exact) mass is 202 g/mol. The number of aromatic nitrogens is 1. The third-order valence-corrected chi connectivity index (χ3v) is 1.60. The van der Waals surface area contributed by atoms with Crippen molar-refractivity contribution in [3.05, 3.63) is 24.0 Å². The summed E-state index contributed by atoms with van der Waals surface area (Å²) in [7, 11) is 0. The molecule has 1 heterocycles. The molecule has 2 N–H and O–H groups in total. The van der Waals surface area contributed by atoms with E-state index in [1.165, 1.54) is 6.20 Å². The first-order valence-corrected chi connectivity index (χ1v) is 4.22. The van der Waals surface area contributed by atoms with Gasteiger partial charge in [0.25, 0.3) is 6.43 Å². The Hall–Kier alpha value is -1.23. The lowest BCUT2D eigenvalue weighted by atomic mass is 10.2. The molecule has 0 spiro atoms. The van der Waals surface area contributed by atoms with Crippen molar-refractivity contribution in [2.75, 3.05) is 6.61 Å². The Balaban J connectivity index is 2.55. The summed E-state index contributed by atoms with van der Waals surface area (Å²) >= 11 is 0. The Morgan fingerprint density at radius 3 is 2.64 bits per heavy atom. The normalized spacial score (nSPS) is 12.9. The van der Waals surface area contributed by atoms with E-state index < -0.39 is 13.0 Å². The van der Waals surface area contributed by atoms with E-state index in [9.17, 15) is 8.78 Å². The molecule has 1 atom stereocenters. The number of pyridine rings is 1. The molecule has 0 saturated heterocycles. The van der Waals surface area contributed by atoms with Gasteiger partial charge in [0.15, 0.2) is 0 Å². The van der Waals surface area contributed by atoms with Crippen molar-refractivity contribution in [1.82, 2.24) is 4.98 Å². The van der Waals surface area contributed by atoms with Crippen molar-refractivity contribution in [2.45, 2.75) is 19.4 Å². The maximum atomic E-state index is 11.8. The van der Waals surface area contributed by atoms with Gasteiger partial charge < -0.3 is 10.5 Å². The average Bonchev–Trinajstić information content (AvgIpc) is 2.15. The fourth-order valence-electron chi connectivity index (χ4n) is 0.906. The fraction of sp³-hybridized carbons (Fsp3) is 0.444. The van der Waals surface area contributed by atoms with Gasteiger partial charge >= 0.3 is 0 Å². The molecule has 0 unspecified atom stereocenters. The van der Waals surface area contributed by atoms with Crippen LogP contribution in [0.5, 0.6) is 5.75 Å². The highest BCUT2D eigenvalue weighted by atomic mass is 19.3. The van der Waals surface area contributed by atoms with E-state index in [2.05, 4.69) is 4.98 Å². The van der Waals surface area contributed by atoms with Gasteiger partial charge in [0.05, 0.1) is 11.9 Å². The van der Waals surface area contributed by atoms with E-state index in [0.29, 0.717) is 11.4 Å². The first-order chi connectivity index (χ1) is 6.59. The summed E-state index contributed by atoms with van der Waals surface area (Å²) in [5.41, 5.74) is 6.27. The topological polar surface area (TPSA) is 48.1 Å². The van der Waals surface area contributed by atoms with Crippen LogP contribution in [0.4, 0.5) is 8.78 Å².